The molecule has 1 fully saturated rings. The Morgan fingerprint density at radius 1 is 1.00 bits per heavy atom. The Labute approximate surface area is 187 Å². The number of benzene rings is 2. The molecule has 1 aliphatic heterocycles. The van der Waals surface area contributed by atoms with Gasteiger partial charge in [0.2, 0.25) is 10.0 Å². The first-order chi connectivity index (χ1) is 15.3. The third kappa shape index (κ3) is 4.33. The fourth-order valence-corrected chi connectivity index (χ4v) is 5.57. The molecule has 2 heterocycles. The largest absolute Gasteiger partial charge is 0.338 e. The summed E-state index contributed by atoms with van der Waals surface area (Å²) in [6.45, 7) is 4.56. The molecular weight excluding hydrogens is 429 g/mol. The van der Waals surface area contributed by atoms with Gasteiger partial charge in [0.25, 0.3) is 5.91 Å². The third-order valence-corrected chi connectivity index (χ3v) is 7.45. The van der Waals surface area contributed by atoms with Crippen LogP contribution in [-0.4, -0.2) is 42.9 Å². The van der Waals surface area contributed by atoms with Crippen molar-refractivity contribution < 1.29 is 17.6 Å². The van der Waals surface area contributed by atoms with Crippen molar-refractivity contribution in [3.05, 3.63) is 83.4 Å². The van der Waals surface area contributed by atoms with Crippen LogP contribution in [0.5, 0.6) is 0 Å². The van der Waals surface area contributed by atoms with Gasteiger partial charge in [-0.1, -0.05) is 30.3 Å². The van der Waals surface area contributed by atoms with E-state index in [1.165, 1.54) is 6.07 Å². The highest BCUT2D eigenvalue weighted by atomic mass is 32.2. The van der Waals surface area contributed by atoms with Crippen molar-refractivity contribution in [2.24, 2.45) is 0 Å². The monoisotopic (exact) mass is 455 g/mol. The topological polar surface area (TPSA) is 71.4 Å². The van der Waals surface area contributed by atoms with Gasteiger partial charge in [0, 0.05) is 30.5 Å². The first-order valence-corrected chi connectivity index (χ1v) is 12.1. The molecule has 0 unspecified atom stereocenters. The lowest BCUT2D eigenvalue weighted by molar-refractivity contribution is 0.0710. The molecule has 0 radical (unpaired) electrons. The maximum atomic E-state index is 14.3. The molecule has 3 aromatic rings. The molecule has 0 bridgehead atoms. The van der Waals surface area contributed by atoms with Crippen LogP contribution in [0, 0.1) is 19.7 Å². The number of carbonyl (C=O) groups excluding carboxylic acids is 1. The van der Waals surface area contributed by atoms with Crippen LogP contribution in [0.25, 0.3) is 5.69 Å². The minimum absolute atomic E-state index is 0.120. The SMILES string of the molecule is Cc1cc(C(=O)N2CCC(NS(=O)(=O)c3ccccc3)CC2)c(C)n1-c1ccccc1F. The van der Waals surface area contributed by atoms with E-state index in [0.717, 1.165) is 5.69 Å². The molecule has 168 valence electrons. The van der Waals surface area contributed by atoms with Crippen molar-refractivity contribution in [2.45, 2.75) is 37.6 Å². The van der Waals surface area contributed by atoms with Crippen LogP contribution in [0.3, 0.4) is 0 Å². The molecule has 1 aliphatic rings. The molecule has 0 aliphatic carbocycles. The van der Waals surface area contributed by atoms with E-state index in [1.54, 1.807) is 64.1 Å². The number of hydrogen-bond acceptors (Lipinski definition) is 3. The number of hydrogen-bond donors (Lipinski definition) is 1. The number of aromatic nitrogens is 1. The summed E-state index contributed by atoms with van der Waals surface area (Å²) in [5.41, 5.74) is 2.41. The summed E-state index contributed by atoms with van der Waals surface area (Å²) < 4.78 is 44.0. The number of piperidine rings is 1. The van der Waals surface area contributed by atoms with E-state index in [1.807, 2.05) is 13.8 Å². The van der Waals surface area contributed by atoms with Gasteiger partial charge in [-0.15, -0.1) is 0 Å². The number of nitrogens with zero attached hydrogens (tertiary/aromatic N) is 2. The Hall–Kier alpha value is -2.97. The molecule has 1 N–H and O–H groups in total. The van der Waals surface area contributed by atoms with Gasteiger partial charge >= 0.3 is 0 Å². The Morgan fingerprint density at radius 3 is 2.28 bits per heavy atom. The molecule has 32 heavy (non-hydrogen) atoms. The van der Waals surface area contributed by atoms with Gasteiger partial charge in [0.15, 0.2) is 0 Å². The zero-order valence-corrected chi connectivity index (χ0v) is 18.9. The molecule has 1 saturated heterocycles. The normalized spacial score (nSPS) is 15.2. The number of likely N-dealkylation sites (tertiary alicyclic amines) is 1. The fraction of sp³-hybridized carbons (Fsp3) is 0.292. The third-order valence-electron chi connectivity index (χ3n) is 5.91. The standard InChI is InChI=1S/C24H26FN3O3S/c1-17-16-21(18(2)28(17)23-11-7-6-10-22(23)25)24(29)27-14-12-19(13-15-27)26-32(30,31)20-8-4-3-5-9-20/h3-11,16,19,26H,12-15H2,1-2H3. The number of carbonyl (C=O) groups is 1. The van der Waals surface area contributed by atoms with Crippen molar-refractivity contribution in [3.8, 4) is 5.69 Å². The molecular formula is C24H26FN3O3S. The predicted molar refractivity (Wildman–Crippen MR) is 121 cm³/mol. The summed E-state index contributed by atoms with van der Waals surface area (Å²) in [7, 11) is -3.59. The van der Waals surface area contributed by atoms with Crippen molar-refractivity contribution in [1.82, 2.24) is 14.2 Å². The van der Waals surface area contributed by atoms with Crippen molar-refractivity contribution in [2.75, 3.05) is 13.1 Å². The van der Waals surface area contributed by atoms with Gasteiger partial charge < -0.3 is 9.47 Å². The molecule has 0 atom stereocenters. The summed E-state index contributed by atoms with van der Waals surface area (Å²) in [5.74, 6) is -0.468. The van der Waals surface area contributed by atoms with E-state index in [0.29, 0.717) is 42.9 Å². The van der Waals surface area contributed by atoms with E-state index in [9.17, 15) is 17.6 Å². The van der Waals surface area contributed by atoms with E-state index in [2.05, 4.69) is 4.72 Å². The summed E-state index contributed by atoms with van der Waals surface area (Å²) in [6, 6.07) is 16.3. The maximum Gasteiger partial charge on any atom is 0.255 e. The van der Waals surface area contributed by atoms with Gasteiger partial charge in [0.1, 0.15) is 5.82 Å². The van der Waals surface area contributed by atoms with Crippen LogP contribution in [0.15, 0.2) is 65.6 Å². The van der Waals surface area contributed by atoms with Gasteiger partial charge in [-0.25, -0.2) is 17.5 Å². The molecule has 6 nitrogen and oxygen atoms in total. The number of nitrogens with one attached hydrogen (secondary N) is 1. The number of para-hydroxylation sites is 1. The highest BCUT2D eigenvalue weighted by Gasteiger charge is 2.29. The molecule has 8 heteroatoms. The smallest absolute Gasteiger partial charge is 0.255 e. The summed E-state index contributed by atoms with van der Waals surface area (Å²) in [6.07, 6.45) is 1.06. The zero-order chi connectivity index (χ0) is 22.9. The van der Waals surface area contributed by atoms with Gasteiger partial charge in [0.05, 0.1) is 16.1 Å². The maximum absolute atomic E-state index is 14.3. The summed E-state index contributed by atoms with van der Waals surface area (Å²) in [4.78, 5) is 15.2. The molecule has 0 saturated carbocycles. The average Bonchev–Trinajstić information content (AvgIpc) is 3.08. The average molecular weight is 456 g/mol. The van der Waals surface area contributed by atoms with E-state index in [-0.39, 0.29) is 22.7 Å². The number of sulfonamides is 1. The Kier molecular flexibility index (Phi) is 6.17. The molecule has 1 aromatic heterocycles. The molecule has 2 aromatic carbocycles. The predicted octanol–water partition coefficient (Wildman–Crippen LogP) is 3.82. The number of rotatable bonds is 5. The quantitative estimate of drug-likeness (QED) is 0.636. The highest BCUT2D eigenvalue weighted by molar-refractivity contribution is 7.89. The Bertz CT molecular complexity index is 1230. The van der Waals surface area contributed by atoms with E-state index in [4.69, 9.17) is 0 Å². The van der Waals surface area contributed by atoms with Crippen LogP contribution in [0.2, 0.25) is 0 Å². The molecule has 0 spiro atoms. The van der Waals surface area contributed by atoms with Gasteiger partial charge in [-0.2, -0.15) is 0 Å². The Balaban J connectivity index is 1.45. The first kappa shape index (κ1) is 22.2. The minimum Gasteiger partial charge on any atom is -0.338 e. The van der Waals surface area contributed by atoms with Crippen molar-refractivity contribution >= 4 is 15.9 Å². The lowest BCUT2D eigenvalue weighted by atomic mass is 10.0. The van der Waals surface area contributed by atoms with Crippen LogP contribution >= 0.6 is 0 Å². The first-order valence-electron chi connectivity index (χ1n) is 10.6. The summed E-state index contributed by atoms with van der Waals surface area (Å²) >= 11 is 0. The zero-order valence-electron chi connectivity index (χ0n) is 18.1. The van der Waals surface area contributed by atoms with Crippen molar-refractivity contribution in [1.29, 1.82) is 0 Å². The van der Waals surface area contributed by atoms with Gasteiger partial charge in [-0.05, 0) is 57.0 Å². The van der Waals surface area contributed by atoms with Crippen LogP contribution < -0.4 is 4.72 Å². The van der Waals surface area contributed by atoms with Crippen LogP contribution in [0.1, 0.15) is 34.6 Å². The Morgan fingerprint density at radius 2 is 1.62 bits per heavy atom. The molecule has 1 amide bonds. The lowest BCUT2D eigenvalue weighted by Gasteiger charge is -2.32. The van der Waals surface area contributed by atoms with E-state index >= 15 is 0 Å². The number of halogens is 1. The van der Waals surface area contributed by atoms with Crippen LogP contribution in [0.4, 0.5) is 4.39 Å². The number of aryl methyl sites for hydroxylation is 1. The fourth-order valence-electron chi connectivity index (χ4n) is 4.24. The van der Waals surface area contributed by atoms with Crippen LogP contribution in [-0.2, 0) is 10.0 Å². The second-order valence-corrected chi connectivity index (χ2v) is 9.79. The lowest BCUT2D eigenvalue weighted by Crippen LogP contribution is -2.46. The number of amides is 1. The second-order valence-electron chi connectivity index (χ2n) is 8.07. The van der Waals surface area contributed by atoms with Gasteiger partial charge in [-0.3, -0.25) is 4.79 Å². The minimum atomic E-state index is -3.59. The second kappa shape index (κ2) is 8.88. The molecule has 4 rings (SSSR count). The highest BCUT2D eigenvalue weighted by Crippen LogP contribution is 2.25. The summed E-state index contributed by atoms with van der Waals surface area (Å²) in [5, 5.41) is 0. The van der Waals surface area contributed by atoms with Crippen molar-refractivity contribution in [3.63, 3.8) is 0 Å². The van der Waals surface area contributed by atoms with E-state index < -0.39 is 10.0 Å².